The van der Waals surface area contributed by atoms with Crippen molar-refractivity contribution in [3.63, 3.8) is 0 Å². The Morgan fingerprint density at radius 1 is 1.20 bits per heavy atom. The van der Waals surface area contributed by atoms with Crippen LogP contribution in [0.4, 0.5) is 0 Å². The van der Waals surface area contributed by atoms with Gasteiger partial charge in [0.15, 0.2) is 5.78 Å². The standard InChI is InChI=1S/C11H21NO3/c1-3-10-11(12-10)4-5-14-6-7-15-8-9(2)13/h10-12H,3-8H2,1-2H3. The lowest BCUT2D eigenvalue weighted by atomic mass is 10.2. The van der Waals surface area contributed by atoms with Gasteiger partial charge in [-0.25, -0.2) is 0 Å². The fraction of sp³-hybridized carbons (Fsp3) is 0.909. The lowest BCUT2D eigenvalue weighted by molar-refractivity contribution is -0.121. The summed E-state index contributed by atoms with van der Waals surface area (Å²) in [6.45, 7) is 5.77. The number of Topliss-reactive ketones (excluding diaryl/α,β-unsaturated/α-hetero) is 1. The average molecular weight is 215 g/mol. The molecule has 1 aliphatic heterocycles. The predicted molar refractivity (Wildman–Crippen MR) is 57.9 cm³/mol. The lowest BCUT2D eigenvalue weighted by Crippen LogP contribution is -2.11. The van der Waals surface area contributed by atoms with Gasteiger partial charge in [0, 0.05) is 18.7 Å². The van der Waals surface area contributed by atoms with Crippen LogP contribution in [0, 0.1) is 0 Å². The van der Waals surface area contributed by atoms with Crippen molar-refractivity contribution in [2.45, 2.75) is 38.8 Å². The minimum atomic E-state index is 0.0583. The van der Waals surface area contributed by atoms with Gasteiger partial charge in [-0.05, 0) is 19.8 Å². The first kappa shape index (κ1) is 12.6. The highest BCUT2D eigenvalue weighted by Gasteiger charge is 2.33. The van der Waals surface area contributed by atoms with Gasteiger partial charge in [-0.2, -0.15) is 0 Å². The number of hydrogen-bond donors (Lipinski definition) is 1. The molecule has 0 spiro atoms. The summed E-state index contributed by atoms with van der Waals surface area (Å²) in [5.74, 6) is 0.0583. The van der Waals surface area contributed by atoms with Crippen LogP contribution in [0.15, 0.2) is 0 Å². The van der Waals surface area contributed by atoms with Crippen LogP contribution in [0.1, 0.15) is 26.7 Å². The Morgan fingerprint density at radius 2 is 1.93 bits per heavy atom. The molecule has 4 nitrogen and oxygen atoms in total. The second-order valence-corrected chi connectivity index (χ2v) is 3.94. The van der Waals surface area contributed by atoms with Gasteiger partial charge in [0.2, 0.25) is 0 Å². The number of carbonyl (C=O) groups is 1. The van der Waals surface area contributed by atoms with Crippen LogP contribution in [0.2, 0.25) is 0 Å². The van der Waals surface area contributed by atoms with Crippen LogP contribution in [0.3, 0.4) is 0 Å². The first-order valence-electron chi connectivity index (χ1n) is 5.65. The molecule has 1 N–H and O–H groups in total. The first-order chi connectivity index (χ1) is 7.24. The Hall–Kier alpha value is -0.450. The zero-order valence-electron chi connectivity index (χ0n) is 9.62. The highest BCUT2D eigenvalue weighted by atomic mass is 16.5. The third kappa shape index (κ3) is 5.87. The normalized spacial score (nSPS) is 24.1. The summed E-state index contributed by atoms with van der Waals surface area (Å²) in [4.78, 5) is 10.5. The van der Waals surface area contributed by atoms with E-state index in [4.69, 9.17) is 9.47 Å². The predicted octanol–water partition coefficient (Wildman–Crippen LogP) is 0.749. The van der Waals surface area contributed by atoms with Gasteiger partial charge in [0.25, 0.3) is 0 Å². The van der Waals surface area contributed by atoms with E-state index >= 15 is 0 Å². The van der Waals surface area contributed by atoms with E-state index in [0.717, 1.165) is 13.0 Å². The summed E-state index contributed by atoms with van der Waals surface area (Å²) >= 11 is 0. The molecule has 2 unspecified atom stereocenters. The maximum Gasteiger partial charge on any atom is 0.155 e. The van der Waals surface area contributed by atoms with Crippen molar-refractivity contribution in [2.24, 2.45) is 0 Å². The molecule has 0 bridgehead atoms. The van der Waals surface area contributed by atoms with Gasteiger partial charge in [-0.1, -0.05) is 6.92 Å². The lowest BCUT2D eigenvalue weighted by Gasteiger charge is -2.03. The van der Waals surface area contributed by atoms with Gasteiger partial charge >= 0.3 is 0 Å². The van der Waals surface area contributed by atoms with Gasteiger partial charge in [-0.3, -0.25) is 4.79 Å². The molecule has 0 aromatic heterocycles. The highest BCUT2D eigenvalue weighted by molar-refractivity contribution is 5.76. The van der Waals surface area contributed by atoms with Crippen molar-refractivity contribution < 1.29 is 14.3 Å². The zero-order valence-corrected chi connectivity index (χ0v) is 9.62. The van der Waals surface area contributed by atoms with Crippen molar-refractivity contribution in [2.75, 3.05) is 26.4 Å². The molecular weight excluding hydrogens is 194 g/mol. The Balaban J connectivity index is 1.76. The summed E-state index contributed by atoms with van der Waals surface area (Å²) in [5, 5.41) is 3.38. The topological polar surface area (TPSA) is 57.5 Å². The van der Waals surface area contributed by atoms with E-state index < -0.39 is 0 Å². The van der Waals surface area contributed by atoms with Crippen LogP contribution < -0.4 is 5.32 Å². The monoisotopic (exact) mass is 215 g/mol. The van der Waals surface area contributed by atoms with E-state index in [2.05, 4.69) is 12.2 Å². The third-order valence-electron chi connectivity index (χ3n) is 2.50. The number of ketones is 1. The quantitative estimate of drug-likeness (QED) is 0.455. The second kappa shape index (κ2) is 6.93. The molecule has 4 heteroatoms. The fourth-order valence-corrected chi connectivity index (χ4v) is 1.55. The smallest absolute Gasteiger partial charge is 0.155 e. The Labute approximate surface area is 91.3 Å². The van der Waals surface area contributed by atoms with E-state index in [1.165, 1.54) is 13.3 Å². The molecule has 0 amide bonds. The maximum atomic E-state index is 10.5. The molecule has 15 heavy (non-hydrogen) atoms. The molecule has 88 valence electrons. The second-order valence-electron chi connectivity index (χ2n) is 3.94. The minimum Gasteiger partial charge on any atom is -0.379 e. The van der Waals surface area contributed by atoms with Crippen LogP contribution in [0.5, 0.6) is 0 Å². The molecule has 1 heterocycles. The molecule has 1 rings (SSSR count). The highest BCUT2D eigenvalue weighted by Crippen LogP contribution is 2.17. The molecular formula is C11H21NO3. The molecule has 1 aliphatic rings. The van der Waals surface area contributed by atoms with E-state index in [1.807, 2.05) is 0 Å². The van der Waals surface area contributed by atoms with Gasteiger partial charge in [-0.15, -0.1) is 0 Å². The molecule has 0 aromatic carbocycles. The van der Waals surface area contributed by atoms with Crippen molar-refractivity contribution in [1.82, 2.24) is 5.32 Å². The Kier molecular flexibility index (Phi) is 5.83. The fourth-order valence-electron chi connectivity index (χ4n) is 1.55. The molecule has 0 aliphatic carbocycles. The maximum absolute atomic E-state index is 10.5. The summed E-state index contributed by atoms with van der Waals surface area (Å²) in [6, 6.07) is 1.37. The summed E-state index contributed by atoms with van der Waals surface area (Å²) in [6.07, 6.45) is 2.28. The van der Waals surface area contributed by atoms with Gasteiger partial charge in [0.1, 0.15) is 6.61 Å². The van der Waals surface area contributed by atoms with Crippen LogP contribution >= 0.6 is 0 Å². The number of carbonyl (C=O) groups excluding carboxylic acids is 1. The van der Waals surface area contributed by atoms with Crippen molar-refractivity contribution >= 4 is 5.78 Å². The Morgan fingerprint density at radius 3 is 2.53 bits per heavy atom. The zero-order chi connectivity index (χ0) is 11.1. The van der Waals surface area contributed by atoms with E-state index in [9.17, 15) is 4.79 Å². The van der Waals surface area contributed by atoms with Gasteiger partial charge < -0.3 is 14.8 Å². The minimum absolute atomic E-state index is 0.0583. The van der Waals surface area contributed by atoms with Crippen LogP contribution in [-0.2, 0) is 14.3 Å². The molecule has 0 radical (unpaired) electrons. The summed E-state index contributed by atoms with van der Waals surface area (Å²) < 4.78 is 10.5. The molecule has 1 fully saturated rings. The van der Waals surface area contributed by atoms with Crippen LogP contribution in [-0.4, -0.2) is 44.3 Å². The Bertz CT molecular complexity index is 196. The van der Waals surface area contributed by atoms with Crippen molar-refractivity contribution in [3.8, 4) is 0 Å². The van der Waals surface area contributed by atoms with E-state index in [-0.39, 0.29) is 12.4 Å². The van der Waals surface area contributed by atoms with E-state index in [0.29, 0.717) is 25.3 Å². The molecule has 1 saturated heterocycles. The first-order valence-corrected chi connectivity index (χ1v) is 5.65. The average Bonchev–Trinajstić information content (AvgIpc) is 2.94. The van der Waals surface area contributed by atoms with E-state index in [1.54, 1.807) is 0 Å². The number of hydrogen-bond acceptors (Lipinski definition) is 4. The summed E-state index contributed by atoms with van der Waals surface area (Å²) in [7, 11) is 0. The molecule has 0 aromatic rings. The van der Waals surface area contributed by atoms with Gasteiger partial charge in [0.05, 0.1) is 13.2 Å². The molecule has 0 saturated carbocycles. The van der Waals surface area contributed by atoms with Crippen molar-refractivity contribution in [1.29, 1.82) is 0 Å². The van der Waals surface area contributed by atoms with Crippen molar-refractivity contribution in [3.05, 3.63) is 0 Å². The largest absolute Gasteiger partial charge is 0.379 e. The van der Waals surface area contributed by atoms with Crippen LogP contribution in [0.25, 0.3) is 0 Å². The number of rotatable bonds is 9. The number of ether oxygens (including phenoxy) is 2. The third-order valence-corrected chi connectivity index (χ3v) is 2.50. The SMILES string of the molecule is CCC1NC1CCOCCOCC(C)=O. The summed E-state index contributed by atoms with van der Waals surface area (Å²) in [5.41, 5.74) is 0. The molecule has 2 atom stereocenters. The number of nitrogens with one attached hydrogen (secondary N) is 1.